The number of aromatic nitrogens is 1. The van der Waals surface area contributed by atoms with E-state index in [0.29, 0.717) is 0 Å². The van der Waals surface area contributed by atoms with Gasteiger partial charge in [0.05, 0.1) is 5.56 Å². The van der Waals surface area contributed by atoms with E-state index >= 15 is 0 Å². The van der Waals surface area contributed by atoms with Crippen LogP contribution in [0, 0.1) is 13.8 Å². The van der Waals surface area contributed by atoms with Crippen molar-refractivity contribution < 1.29 is 4.57 Å². The van der Waals surface area contributed by atoms with E-state index in [9.17, 15) is 0 Å². The summed E-state index contributed by atoms with van der Waals surface area (Å²) in [5.41, 5.74) is 8.22. The van der Waals surface area contributed by atoms with E-state index in [0.717, 1.165) is 6.42 Å². The number of benzene rings is 2. The van der Waals surface area contributed by atoms with Crippen LogP contribution in [0.25, 0.3) is 22.2 Å². The van der Waals surface area contributed by atoms with Gasteiger partial charge >= 0.3 is 0 Å². The van der Waals surface area contributed by atoms with Crippen molar-refractivity contribution >= 4 is 10.9 Å². The molecular weight excluding hydrogens is 290 g/mol. The predicted molar refractivity (Wildman–Crippen MR) is 103 cm³/mol. The number of fused-ring (bicyclic) bond motifs is 5. The van der Waals surface area contributed by atoms with Crippen molar-refractivity contribution in [1.82, 2.24) is 0 Å². The maximum absolute atomic E-state index is 2.55. The highest BCUT2D eigenvalue weighted by Gasteiger charge is 2.47. The van der Waals surface area contributed by atoms with Crippen LogP contribution >= 0.6 is 0 Å². The van der Waals surface area contributed by atoms with Gasteiger partial charge in [0.25, 0.3) is 0 Å². The molecule has 0 saturated carbocycles. The van der Waals surface area contributed by atoms with Crippen molar-refractivity contribution in [2.24, 2.45) is 0 Å². The van der Waals surface area contributed by atoms with Gasteiger partial charge in [-0.05, 0) is 37.6 Å². The Bertz CT molecular complexity index is 907. The molecule has 24 heavy (non-hydrogen) atoms. The molecule has 1 heteroatoms. The molecule has 1 aliphatic rings. The topological polar surface area (TPSA) is 3.88 Å². The minimum Gasteiger partial charge on any atom is -0.182 e. The van der Waals surface area contributed by atoms with Gasteiger partial charge in [-0.25, -0.2) is 0 Å². The minimum atomic E-state index is 0.0334. The van der Waals surface area contributed by atoms with Gasteiger partial charge in [0.15, 0.2) is 5.54 Å². The molecule has 1 unspecified atom stereocenters. The smallest absolute Gasteiger partial charge is 0.182 e. The van der Waals surface area contributed by atoms with E-state index in [4.69, 9.17) is 0 Å². The SMILES string of the molecule is CC.CCC1(C)c2ccc(C)cc2-c2ccc3ccc(C)cc3[n+]21. The van der Waals surface area contributed by atoms with Gasteiger partial charge in [0.2, 0.25) is 11.2 Å². The molecule has 2 heterocycles. The van der Waals surface area contributed by atoms with Crippen molar-refractivity contribution in [3.05, 3.63) is 65.2 Å². The maximum Gasteiger partial charge on any atom is 0.214 e. The van der Waals surface area contributed by atoms with Crippen LogP contribution in [0.3, 0.4) is 0 Å². The molecule has 1 nitrogen and oxygen atoms in total. The van der Waals surface area contributed by atoms with Crippen molar-refractivity contribution in [1.29, 1.82) is 0 Å². The van der Waals surface area contributed by atoms with Gasteiger partial charge in [-0.1, -0.05) is 44.5 Å². The van der Waals surface area contributed by atoms with Crippen molar-refractivity contribution in [2.75, 3.05) is 0 Å². The molecule has 0 fully saturated rings. The highest BCUT2D eigenvalue weighted by Crippen LogP contribution is 2.41. The maximum atomic E-state index is 2.55. The Morgan fingerprint density at radius 1 is 0.875 bits per heavy atom. The van der Waals surface area contributed by atoms with Gasteiger partial charge in [-0.15, -0.1) is 0 Å². The van der Waals surface area contributed by atoms with Gasteiger partial charge in [-0.2, -0.15) is 4.57 Å². The number of nitrogens with zero attached hydrogens (tertiary/aromatic N) is 1. The molecule has 4 rings (SSSR count). The lowest BCUT2D eigenvalue weighted by atomic mass is 9.88. The summed E-state index contributed by atoms with van der Waals surface area (Å²) in [6.07, 6.45) is 1.09. The molecule has 0 saturated heterocycles. The molecule has 3 aromatic rings. The fourth-order valence-electron chi connectivity index (χ4n) is 3.91. The van der Waals surface area contributed by atoms with E-state index in [-0.39, 0.29) is 5.54 Å². The first-order valence-electron chi connectivity index (χ1n) is 9.12. The summed E-state index contributed by atoms with van der Waals surface area (Å²) in [5.74, 6) is 0. The number of aryl methyl sites for hydroxylation is 2. The molecule has 0 aliphatic carbocycles. The quantitative estimate of drug-likeness (QED) is 0.490. The zero-order chi connectivity index (χ0) is 17.5. The van der Waals surface area contributed by atoms with Crippen LogP contribution in [0.1, 0.15) is 50.8 Å². The summed E-state index contributed by atoms with van der Waals surface area (Å²) in [6, 6.07) is 18.2. The number of hydrogen-bond acceptors (Lipinski definition) is 0. The first-order chi connectivity index (χ1) is 11.5. The summed E-state index contributed by atoms with van der Waals surface area (Å²) in [4.78, 5) is 0. The molecule has 1 atom stereocenters. The molecule has 0 radical (unpaired) electrons. The van der Waals surface area contributed by atoms with Crippen molar-refractivity contribution in [3.8, 4) is 11.3 Å². The summed E-state index contributed by atoms with van der Waals surface area (Å²) in [6.45, 7) is 13.0. The molecule has 0 spiro atoms. The van der Waals surface area contributed by atoms with Crippen LogP contribution in [-0.2, 0) is 5.54 Å². The Kier molecular flexibility index (Phi) is 4.21. The Morgan fingerprint density at radius 2 is 1.50 bits per heavy atom. The molecule has 124 valence electrons. The fourth-order valence-corrected chi connectivity index (χ4v) is 3.91. The lowest BCUT2D eigenvalue weighted by molar-refractivity contribution is -0.712. The van der Waals surface area contributed by atoms with Crippen LogP contribution in [-0.4, -0.2) is 0 Å². The van der Waals surface area contributed by atoms with Crippen LogP contribution in [0.4, 0.5) is 0 Å². The summed E-state index contributed by atoms with van der Waals surface area (Å²) in [5, 5.41) is 1.32. The largest absolute Gasteiger partial charge is 0.214 e. The first kappa shape index (κ1) is 16.7. The van der Waals surface area contributed by atoms with Gasteiger partial charge in [0, 0.05) is 36.4 Å². The van der Waals surface area contributed by atoms with Crippen LogP contribution in [0.2, 0.25) is 0 Å². The average molecular weight is 318 g/mol. The second kappa shape index (κ2) is 6.05. The van der Waals surface area contributed by atoms with E-state index in [1.54, 1.807) is 0 Å². The Morgan fingerprint density at radius 3 is 2.21 bits per heavy atom. The zero-order valence-electron chi connectivity index (χ0n) is 15.8. The third-order valence-electron chi connectivity index (χ3n) is 5.30. The molecule has 1 aromatic heterocycles. The molecule has 0 N–H and O–H groups in total. The van der Waals surface area contributed by atoms with Gasteiger partial charge < -0.3 is 0 Å². The minimum absolute atomic E-state index is 0.0334. The van der Waals surface area contributed by atoms with Crippen LogP contribution < -0.4 is 4.57 Å². The average Bonchev–Trinajstić information content (AvgIpc) is 2.86. The van der Waals surface area contributed by atoms with Crippen LogP contribution in [0.5, 0.6) is 0 Å². The number of pyridine rings is 1. The number of rotatable bonds is 1. The van der Waals surface area contributed by atoms with Crippen molar-refractivity contribution in [2.45, 2.75) is 53.5 Å². The van der Waals surface area contributed by atoms with Gasteiger partial charge in [-0.3, -0.25) is 0 Å². The second-order valence-corrected chi connectivity index (χ2v) is 6.79. The fraction of sp³-hybridized carbons (Fsp3) is 0.348. The highest BCUT2D eigenvalue weighted by atomic mass is 15.1. The molecule has 1 aliphatic heterocycles. The van der Waals surface area contributed by atoms with E-state index in [1.807, 2.05) is 13.8 Å². The lowest BCUT2D eigenvalue weighted by Crippen LogP contribution is -2.52. The Balaban J connectivity index is 0.000000815. The summed E-state index contributed by atoms with van der Waals surface area (Å²) < 4.78 is 2.55. The summed E-state index contributed by atoms with van der Waals surface area (Å²) >= 11 is 0. The van der Waals surface area contributed by atoms with Gasteiger partial charge in [0.1, 0.15) is 0 Å². The molecule has 2 aromatic carbocycles. The predicted octanol–water partition coefficient (Wildman–Crippen LogP) is 5.92. The molecule has 0 bridgehead atoms. The third-order valence-corrected chi connectivity index (χ3v) is 5.30. The first-order valence-corrected chi connectivity index (χ1v) is 9.12. The van der Waals surface area contributed by atoms with Crippen molar-refractivity contribution in [3.63, 3.8) is 0 Å². The van der Waals surface area contributed by atoms with E-state index in [1.165, 1.54) is 38.9 Å². The monoisotopic (exact) mass is 318 g/mol. The van der Waals surface area contributed by atoms with E-state index < -0.39 is 0 Å². The Labute approximate surface area is 146 Å². The molecule has 0 amide bonds. The number of hydrogen-bond donors (Lipinski definition) is 0. The highest BCUT2D eigenvalue weighted by molar-refractivity contribution is 5.80. The normalized spacial score (nSPS) is 17.9. The second-order valence-electron chi connectivity index (χ2n) is 6.79. The third kappa shape index (κ3) is 2.26. The standard InChI is InChI=1S/C21H22N.C2H6/c1-5-21(4)18-10-7-14(2)12-17(18)19-11-9-16-8-6-15(3)13-20(16)22(19)21;1-2/h6-13H,5H2,1-4H3;1-2H3/q+1;. The summed E-state index contributed by atoms with van der Waals surface area (Å²) in [7, 11) is 0. The van der Waals surface area contributed by atoms with E-state index in [2.05, 4.69) is 80.8 Å². The lowest BCUT2D eigenvalue weighted by Gasteiger charge is -2.20. The Hall–Kier alpha value is -2.15. The molecular formula is C23H28N+. The zero-order valence-corrected chi connectivity index (χ0v) is 15.8. The van der Waals surface area contributed by atoms with Crippen LogP contribution in [0.15, 0.2) is 48.5 Å².